The lowest BCUT2D eigenvalue weighted by atomic mass is 10.2. The molecule has 0 spiro atoms. The van der Waals surface area contributed by atoms with Gasteiger partial charge in [-0.1, -0.05) is 29.8 Å². The number of aromatic amines is 1. The van der Waals surface area contributed by atoms with Crippen molar-refractivity contribution in [1.82, 2.24) is 9.97 Å². The monoisotopic (exact) mass is 228 g/mol. The number of H-pyrrole nitrogens is 1. The normalized spacial score (nSPS) is 10.8. The maximum absolute atomic E-state index is 5.92. The van der Waals surface area contributed by atoms with Crippen LogP contribution in [0.1, 0.15) is 0 Å². The van der Waals surface area contributed by atoms with E-state index in [1.165, 1.54) is 5.39 Å². The van der Waals surface area contributed by atoms with E-state index in [1.54, 1.807) is 12.4 Å². The minimum atomic E-state index is 0.649. The van der Waals surface area contributed by atoms with E-state index in [0.717, 1.165) is 16.8 Å². The van der Waals surface area contributed by atoms with Gasteiger partial charge in [0.2, 0.25) is 0 Å². The van der Waals surface area contributed by atoms with Crippen LogP contribution < -0.4 is 0 Å². The van der Waals surface area contributed by atoms with Crippen molar-refractivity contribution in [2.45, 2.75) is 0 Å². The average Bonchev–Trinajstić information content (AvgIpc) is 2.72. The van der Waals surface area contributed by atoms with Gasteiger partial charge in [0.1, 0.15) is 0 Å². The summed E-state index contributed by atoms with van der Waals surface area (Å²) in [5.74, 6) is 0. The third-order valence-corrected chi connectivity index (χ3v) is 2.75. The SMILES string of the molecule is Clc1cncc(-c2cc3ccccc3[nH]2)c1. The van der Waals surface area contributed by atoms with Crippen LogP contribution in [0.3, 0.4) is 0 Å². The van der Waals surface area contributed by atoms with E-state index in [1.807, 2.05) is 18.2 Å². The summed E-state index contributed by atoms with van der Waals surface area (Å²) >= 11 is 5.92. The zero-order valence-electron chi connectivity index (χ0n) is 8.44. The highest BCUT2D eigenvalue weighted by atomic mass is 35.5. The van der Waals surface area contributed by atoms with Gasteiger partial charge >= 0.3 is 0 Å². The molecule has 78 valence electrons. The molecule has 1 aromatic carbocycles. The number of para-hydroxylation sites is 1. The second-order valence-electron chi connectivity index (χ2n) is 3.66. The minimum Gasteiger partial charge on any atom is -0.354 e. The van der Waals surface area contributed by atoms with Crippen LogP contribution in [0.15, 0.2) is 48.8 Å². The molecule has 2 heterocycles. The van der Waals surface area contributed by atoms with Gasteiger partial charge in [-0.15, -0.1) is 0 Å². The molecule has 0 saturated heterocycles. The Morgan fingerprint density at radius 2 is 1.94 bits per heavy atom. The summed E-state index contributed by atoms with van der Waals surface area (Å²) in [6, 6.07) is 12.2. The first-order chi connectivity index (χ1) is 7.83. The van der Waals surface area contributed by atoms with E-state index in [2.05, 4.69) is 28.2 Å². The largest absolute Gasteiger partial charge is 0.354 e. The first kappa shape index (κ1) is 9.43. The van der Waals surface area contributed by atoms with Gasteiger partial charge in [0.15, 0.2) is 0 Å². The van der Waals surface area contributed by atoms with Gasteiger partial charge in [0.25, 0.3) is 0 Å². The zero-order chi connectivity index (χ0) is 11.0. The van der Waals surface area contributed by atoms with Crippen LogP contribution in [-0.4, -0.2) is 9.97 Å². The van der Waals surface area contributed by atoms with Crippen molar-refractivity contribution >= 4 is 22.5 Å². The lowest BCUT2D eigenvalue weighted by Crippen LogP contribution is -1.79. The van der Waals surface area contributed by atoms with Crippen molar-refractivity contribution in [3.8, 4) is 11.3 Å². The molecule has 0 aliphatic heterocycles. The summed E-state index contributed by atoms with van der Waals surface area (Å²) in [6.07, 6.45) is 3.43. The summed E-state index contributed by atoms with van der Waals surface area (Å²) in [4.78, 5) is 7.42. The quantitative estimate of drug-likeness (QED) is 0.673. The van der Waals surface area contributed by atoms with Crippen LogP contribution in [0.5, 0.6) is 0 Å². The van der Waals surface area contributed by atoms with Gasteiger partial charge in [0.05, 0.1) is 5.02 Å². The van der Waals surface area contributed by atoms with Gasteiger partial charge < -0.3 is 4.98 Å². The fraction of sp³-hybridized carbons (Fsp3) is 0. The number of benzene rings is 1. The van der Waals surface area contributed by atoms with E-state index >= 15 is 0 Å². The van der Waals surface area contributed by atoms with Gasteiger partial charge in [-0.2, -0.15) is 0 Å². The fourth-order valence-electron chi connectivity index (χ4n) is 1.79. The van der Waals surface area contributed by atoms with Crippen LogP contribution >= 0.6 is 11.6 Å². The van der Waals surface area contributed by atoms with Crippen molar-refractivity contribution in [1.29, 1.82) is 0 Å². The average molecular weight is 229 g/mol. The second-order valence-corrected chi connectivity index (χ2v) is 4.10. The maximum Gasteiger partial charge on any atom is 0.0596 e. The molecule has 0 fully saturated rings. The Morgan fingerprint density at radius 1 is 1.06 bits per heavy atom. The van der Waals surface area contributed by atoms with E-state index in [9.17, 15) is 0 Å². The molecule has 0 aliphatic rings. The highest BCUT2D eigenvalue weighted by Gasteiger charge is 2.03. The summed E-state index contributed by atoms with van der Waals surface area (Å²) < 4.78 is 0. The van der Waals surface area contributed by atoms with Crippen molar-refractivity contribution in [2.24, 2.45) is 0 Å². The molecule has 0 saturated carbocycles. The fourth-order valence-corrected chi connectivity index (χ4v) is 1.96. The summed E-state index contributed by atoms with van der Waals surface area (Å²) in [7, 11) is 0. The topological polar surface area (TPSA) is 28.7 Å². The minimum absolute atomic E-state index is 0.649. The highest BCUT2D eigenvalue weighted by molar-refractivity contribution is 6.30. The predicted molar refractivity (Wildman–Crippen MR) is 66.5 cm³/mol. The third-order valence-electron chi connectivity index (χ3n) is 2.55. The van der Waals surface area contributed by atoms with E-state index < -0.39 is 0 Å². The molecule has 2 aromatic heterocycles. The molecule has 3 rings (SSSR count). The Labute approximate surface area is 97.9 Å². The lowest BCUT2D eigenvalue weighted by molar-refractivity contribution is 1.31. The molecule has 2 nitrogen and oxygen atoms in total. The molecule has 0 amide bonds. The Hall–Kier alpha value is -1.80. The number of halogens is 1. The summed E-state index contributed by atoms with van der Waals surface area (Å²) in [5, 5.41) is 1.84. The number of nitrogens with one attached hydrogen (secondary N) is 1. The van der Waals surface area contributed by atoms with Crippen LogP contribution in [0.4, 0.5) is 0 Å². The molecular formula is C13H9ClN2. The van der Waals surface area contributed by atoms with Crippen molar-refractivity contribution in [3.63, 3.8) is 0 Å². The molecule has 0 bridgehead atoms. The smallest absolute Gasteiger partial charge is 0.0596 e. The number of aromatic nitrogens is 2. The van der Waals surface area contributed by atoms with Gasteiger partial charge in [-0.25, -0.2) is 0 Å². The zero-order valence-corrected chi connectivity index (χ0v) is 9.20. The van der Waals surface area contributed by atoms with E-state index in [4.69, 9.17) is 11.6 Å². The Bertz CT molecular complexity index is 610. The van der Waals surface area contributed by atoms with Crippen molar-refractivity contribution in [3.05, 3.63) is 53.8 Å². The standard InChI is InChI=1S/C13H9ClN2/c14-11-5-10(7-15-8-11)13-6-9-3-1-2-4-12(9)16-13/h1-8,16H. The Balaban J connectivity index is 2.19. The van der Waals surface area contributed by atoms with Crippen LogP contribution in [0.2, 0.25) is 5.02 Å². The second kappa shape index (κ2) is 3.65. The van der Waals surface area contributed by atoms with Crippen molar-refractivity contribution in [2.75, 3.05) is 0 Å². The van der Waals surface area contributed by atoms with Crippen LogP contribution in [0.25, 0.3) is 22.2 Å². The summed E-state index contributed by atoms with van der Waals surface area (Å²) in [6.45, 7) is 0. The van der Waals surface area contributed by atoms with E-state index in [0.29, 0.717) is 5.02 Å². The molecule has 16 heavy (non-hydrogen) atoms. The molecule has 3 heteroatoms. The van der Waals surface area contributed by atoms with Gasteiger partial charge in [-0.3, -0.25) is 4.98 Å². The number of hydrogen-bond donors (Lipinski definition) is 1. The summed E-state index contributed by atoms with van der Waals surface area (Å²) in [5.41, 5.74) is 3.16. The number of nitrogens with zero attached hydrogens (tertiary/aromatic N) is 1. The van der Waals surface area contributed by atoms with Gasteiger partial charge in [-0.05, 0) is 18.2 Å². The molecule has 3 aromatic rings. The highest BCUT2D eigenvalue weighted by Crippen LogP contribution is 2.24. The first-order valence-corrected chi connectivity index (χ1v) is 5.39. The van der Waals surface area contributed by atoms with Crippen molar-refractivity contribution < 1.29 is 0 Å². The van der Waals surface area contributed by atoms with E-state index in [-0.39, 0.29) is 0 Å². The maximum atomic E-state index is 5.92. The Morgan fingerprint density at radius 3 is 2.75 bits per heavy atom. The number of fused-ring (bicyclic) bond motifs is 1. The number of pyridine rings is 1. The molecule has 1 N–H and O–H groups in total. The van der Waals surface area contributed by atoms with Crippen LogP contribution in [-0.2, 0) is 0 Å². The third kappa shape index (κ3) is 1.57. The molecular weight excluding hydrogens is 220 g/mol. The first-order valence-electron chi connectivity index (χ1n) is 5.01. The van der Waals surface area contributed by atoms with Gasteiger partial charge in [0, 0.05) is 34.6 Å². The van der Waals surface area contributed by atoms with Crippen LogP contribution in [0, 0.1) is 0 Å². The number of hydrogen-bond acceptors (Lipinski definition) is 1. The molecule has 0 atom stereocenters. The molecule has 0 unspecified atom stereocenters. The Kier molecular flexibility index (Phi) is 2.15. The number of rotatable bonds is 1. The molecule has 0 radical (unpaired) electrons. The predicted octanol–water partition coefficient (Wildman–Crippen LogP) is 3.88. The molecule has 0 aliphatic carbocycles. The lowest BCUT2D eigenvalue weighted by Gasteiger charge is -1.96.